The Hall–Kier alpha value is -3.03. The Kier molecular flexibility index (Phi) is 6.84. The van der Waals surface area contributed by atoms with Crippen LogP contribution in [-0.2, 0) is 11.3 Å². The van der Waals surface area contributed by atoms with Crippen molar-refractivity contribution in [1.29, 1.82) is 0 Å². The summed E-state index contributed by atoms with van der Waals surface area (Å²) in [5, 5.41) is 23.1. The highest BCUT2D eigenvalue weighted by Gasteiger charge is 2.54. The number of ether oxygens (including phenoxy) is 1. The van der Waals surface area contributed by atoms with Crippen LogP contribution in [-0.4, -0.2) is 68.4 Å². The fraction of sp³-hybridized carbons (Fsp3) is 0.522. The average Bonchev–Trinajstić information content (AvgIpc) is 3.07. The van der Waals surface area contributed by atoms with Gasteiger partial charge in [0, 0.05) is 31.4 Å². The molecule has 0 unspecified atom stereocenters. The number of anilines is 2. The topological polar surface area (TPSA) is 111 Å². The molecule has 1 amide bonds. The second-order valence-electron chi connectivity index (χ2n) is 9.37. The second-order valence-corrected chi connectivity index (χ2v) is 9.37. The van der Waals surface area contributed by atoms with Crippen LogP contribution < -0.4 is 10.2 Å². The monoisotopic (exact) mass is 513 g/mol. The maximum atomic E-state index is 14.9. The lowest BCUT2D eigenvalue weighted by Gasteiger charge is -2.39. The van der Waals surface area contributed by atoms with Crippen molar-refractivity contribution in [3.63, 3.8) is 0 Å². The van der Waals surface area contributed by atoms with E-state index >= 15 is 0 Å². The molecule has 0 radical (unpaired) electrons. The number of nitrogens with zero attached hydrogens (tertiary/aromatic N) is 4. The van der Waals surface area contributed by atoms with Gasteiger partial charge < -0.3 is 20.3 Å². The number of likely N-dealkylation sites (tertiary alicyclic amines) is 1. The molecule has 2 aliphatic heterocycles. The van der Waals surface area contributed by atoms with Gasteiger partial charge in [-0.1, -0.05) is 12.1 Å². The van der Waals surface area contributed by atoms with Gasteiger partial charge in [-0.25, -0.2) is 19.1 Å². The van der Waals surface area contributed by atoms with Gasteiger partial charge in [0.15, 0.2) is 11.3 Å². The molecule has 3 heterocycles. The Morgan fingerprint density at radius 1 is 1.22 bits per heavy atom. The molecule has 2 fully saturated rings. The van der Waals surface area contributed by atoms with E-state index in [0.717, 1.165) is 4.90 Å². The highest BCUT2D eigenvalue weighted by Crippen LogP contribution is 2.38. The van der Waals surface area contributed by atoms with Crippen LogP contribution in [0, 0.1) is 5.82 Å². The molecular weight excluding hydrogens is 486 g/mol. The molecule has 0 spiro atoms. The first-order chi connectivity index (χ1) is 16.8. The van der Waals surface area contributed by atoms with E-state index in [1.54, 1.807) is 24.0 Å². The highest BCUT2D eigenvalue weighted by atomic mass is 19.4. The Morgan fingerprint density at radius 2 is 1.92 bits per heavy atom. The number of carbonyl (C=O) groups is 1. The van der Waals surface area contributed by atoms with Crippen molar-refractivity contribution < 1.29 is 37.3 Å². The van der Waals surface area contributed by atoms with E-state index in [1.165, 1.54) is 25.3 Å². The SMILES string of the molecule is C[C@H](Nc1nccc(N2C(=O)OC[C@]2(C)O)n1)c1ccc(CN2CCC(O)(C(F)(F)F)CC2)cc1F. The number of piperidine rings is 1. The van der Waals surface area contributed by atoms with E-state index in [4.69, 9.17) is 4.74 Å². The molecule has 13 heteroatoms. The van der Waals surface area contributed by atoms with Gasteiger partial charge in [0.1, 0.15) is 18.2 Å². The Bertz CT molecular complexity index is 1120. The van der Waals surface area contributed by atoms with Crippen LogP contribution in [0.2, 0.25) is 0 Å². The zero-order valence-corrected chi connectivity index (χ0v) is 19.7. The molecule has 9 nitrogen and oxygen atoms in total. The van der Waals surface area contributed by atoms with Gasteiger partial charge in [0.25, 0.3) is 0 Å². The number of amides is 1. The van der Waals surface area contributed by atoms with Crippen LogP contribution in [0.5, 0.6) is 0 Å². The molecule has 1 aromatic carbocycles. The van der Waals surface area contributed by atoms with Crippen LogP contribution in [0.1, 0.15) is 43.9 Å². The number of cyclic esters (lactones) is 1. The number of hydrogen-bond donors (Lipinski definition) is 3. The van der Waals surface area contributed by atoms with Crippen molar-refractivity contribution >= 4 is 17.9 Å². The molecule has 196 valence electrons. The summed E-state index contributed by atoms with van der Waals surface area (Å²) in [6.07, 6.45) is -4.90. The second kappa shape index (κ2) is 9.45. The fourth-order valence-electron chi connectivity index (χ4n) is 4.32. The number of rotatable bonds is 6. The molecule has 2 aromatic rings. The van der Waals surface area contributed by atoms with Crippen molar-refractivity contribution in [3.8, 4) is 0 Å². The summed E-state index contributed by atoms with van der Waals surface area (Å²) in [5.74, 6) is -0.301. The van der Waals surface area contributed by atoms with Crippen molar-refractivity contribution in [2.24, 2.45) is 0 Å². The molecule has 0 saturated carbocycles. The summed E-state index contributed by atoms with van der Waals surface area (Å²) in [6.45, 7) is 3.23. The normalized spacial score (nSPS) is 23.4. The number of hydrogen-bond acceptors (Lipinski definition) is 8. The molecule has 1 aromatic heterocycles. The van der Waals surface area contributed by atoms with Crippen LogP contribution in [0.4, 0.5) is 34.1 Å². The van der Waals surface area contributed by atoms with E-state index in [9.17, 15) is 32.6 Å². The zero-order chi connectivity index (χ0) is 26.3. The number of nitrogens with one attached hydrogen (secondary N) is 1. The summed E-state index contributed by atoms with van der Waals surface area (Å²) in [6, 6.07) is 5.45. The Morgan fingerprint density at radius 3 is 2.50 bits per heavy atom. The minimum atomic E-state index is -4.67. The fourth-order valence-corrected chi connectivity index (χ4v) is 4.32. The van der Waals surface area contributed by atoms with E-state index in [0.29, 0.717) is 11.1 Å². The molecule has 2 atom stereocenters. The van der Waals surface area contributed by atoms with Crippen molar-refractivity contribution in [1.82, 2.24) is 14.9 Å². The van der Waals surface area contributed by atoms with Crippen LogP contribution in [0.15, 0.2) is 30.5 Å². The maximum Gasteiger partial charge on any atom is 0.418 e. The van der Waals surface area contributed by atoms with Gasteiger partial charge in [0.05, 0.1) is 6.04 Å². The molecule has 2 saturated heterocycles. The Labute approximate surface area is 204 Å². The minimum absolute atomic E-state index is 0.0441. The third-order valence-electron chi connectivity index (χ3n) is 6.50. The quantitative estimate of drug-likeness (QED) is 0.505. The van der Waals surface area contributed by atoms with Crippen molar-refractivity contribution in [3.05, 3.63) is 47.4 Å². The largest absolute Gasteiger partial charge is 0.444 e. The number of halogens is 4. The molecule has 2 aliphatic rings. The first-order valence-electron chi connectivity index (χ1n) is 11.4. The van der Waals surface area contributed by atoms with Gasteiger partial charge in [-0.05, 0) is 44.4 Å². The number of carbonyl (C=O) groups excluding carboxylic acids is 1. The Balaban J connectivity index is 1.40. The lowest BCUT2D eigenvalue weighted by Crippen LogP contribution is -2.53. The summed E-state index contributed by atoms with van der Waals surface area (Å²) in [4.78, 5) is 23.1. The summed E-state index contributed by atoms with van der Waals surface area (Å²) in [7, 11) is 0. The van der Waals surface area contributed by atoms with Gasteiger partial charge in [0.2, 0.25) is 5.95 Å². The third kappa shape index (κ3) is 5.22. The predicted octanol–water partition coefficient (Wildman–Crippen LogP) is 3.34. The molecule has 0 bridgehead atoms. The third-order valence-corrected chi connectivity index (χ3v) is 6.50. The predicted molar refractivity (Wildman–Crippen MR) is 120 cm³/mol. The number of benzene rings is 1. The molecule has 3 N–H and O–H groups in total. The average molecular weight is 513 g/mol. The van der Waals surface area contributed by atoms with Gasteiger partial charge >= 0.3 is 12.3 Å². The van der Waals surface area contributed by atoms with Gasteiger partial charge in [-0.3, -0.25) is 4.90 Å². The minimum Gasteiger partial charge on any atom is -0.444 e. The lowest BCUT2D eigenvalue weighted by molar-refractivity contribution is -0.272. The highest BCUT2D eigenvalue weighted by molar-refractivity contribution is 5.89. The van der Waals surface area contributed by atoms with Crippen LogP contribution in [0.3, 0.4) is 0 Å². The number of aliphatic hydroxyl groups is 2. The maximum absolute atomic E-state index is 14.9. The van der Waals surface area contributed by atoms with Crippen LogP contribution in [0.25, 0.3) is 0 Å². The van der Waals surface area contributed by atoms with E-state index < -0.39 is 48.3 Å². The summed E-state index contributed by atoms with van der Waals surface area (Å²) < 4.78 is 58.8. The van der Waals surface area contributed by atoms with Gasteiger partial charge in [-0.15, -0.1) is 0 Å². The van der Waals surface area contributed by atoms with E-state index in [1.807, 2.05) is 0 Å². The smallest absolute Gasteiger partial charge is 0.418 e. The van der Waals surface area contributed by atoms with Crippen LogP contribution >= 0.6 is 0 Å². The molecule has 4 rings (SSSR count). The van der Waals surface area contributed by atoms with Crippen molar-refractivity contribution in [2.75, 3.05) is 29.9 Å². The van der Waals surface area contributed by atoms with E-state index in [-0.39, 0.29) is 38.0 Å². The number of aromatic nitrogens is 2. The summed E-state index contributed by atoms with van der Waals surface area (Å²) >= 11 is 0. The van der Waals surface area contributed by atoms with E-state index in [2.05, 4.69) is 15.3 Å². The molecule has 0 aliphatic carbocycles. The van der Waals surface area contributed by atoms with Crippen molar-refractivity contribution in [2.45, 2.75) is 56.8 Å². The first kappa shape index (κ1) is 26.0. The molecule has 36 heavy (non-hydrogen) atoms. The first-order valence-corrected chi connectivity index (χ1v) is 11.4. The number of alkyl halides is 3. The summed E-state index contributed by atoms with van der Waals surface area (Å²) in [5.41, 5.74) is -3.35. The standard InChI is InChI=1S/C23H27F4N5O4/c1-14(29-19-28-8-5-18(30-19)32-20(33)36-13-21(32,2)34)16-4-3-15(11-17(16)24)12-31-9-6-22(35,7-10-31)23(25,26)27/h3-5,8,11,14,34-35H,6-7,9-10,12-13H2,1-2H3,(H,28,29,30)/t14-,21-/m0/s1. The van der Waals surface area contributed by atoms with Gasteiger partial charge in [-0.2, -0.15) is 18.2 Å². The lowest BCUT2D eigenvalue weighted by atomic mass is 9.90. The zero-order valence-electron chi connectivity index (χ0n) is 19.7. The molecular formula is C23H27F4N5O4.